The van der Waals surface area contributed by atoms with Crippen LogP contribution in [0.2, 0.25) is 0 Å². The lowest BCUT2D eigenvalue weighted by molar-refractivity contribution is -0.167. The molecule has 0 heterocycles. The van der Waals surface area contributed by atoms with Crippen molar-refractivity contribution in [1.82, 2.24) is 0 Å². The molecule has 0 aliphatic rings. The van der Waals surface area contributed by atoms with Crippen molar-refractivity contribution in [2.75, 3.05) is 13.2 Å². The highest BCUT2D eigenvalue weighted by Crippen LogP contribution is 2.12. The molecule has 0 aliphatic carbocycles. The zero-order valence-corrected chi connectivity index (χ0v) is 43.3. The number of ether oxygens (including phenoxy) is 3. The molecule has 0 saturated carbocycles. The van der Waals surface area contributed by atoms with Gasteiger partial charge in [0.15, 0.2) is 6.10 Å². The van der Waals surface area contributed by atoms with E-state index in [2.05, 4.69) is 161 Å². The summed E-state index contributed by atoms with van der Waals surface area (Å²) in [4.78, 5) is 38.1. The van der Waals surface area contributed by atoms with Gasteiger partial charge in [-0.3, -0.25) is 14.4 Å². The van der Waals surface area contributed by atoms with E-state index in [9.17, 15) is 14.4 Å². The second-order valence-corrected chi connectivity index (χ2v) is 17.2. The van der Waals surface area contributed by atoms with Crippen LogP contribution in [0.4, 0.5) is 0 Å². The molecule has 0 N–H and O–H groups in total. The topological polar surface area (TPSA) is 78.9 Å². The first-order chi connectivity index (χ1) is 33.5. The van der Waals surface area contributed by atoms with E-state index in [0.29, 0.717) is 12.8 Å². The third-order valence-corrected chi connectivity index (χ3v) is 10.7. The second kappa shape index (κ2) is 54.9. The average Bonchev–Trinajstić information content (AvgIpc) is 3.34. The molecule has 0 radical (unpaired) electrons. The molecule has 6 heteroatoms. The maximum Gasteiger partial charge on any atom is 0.306 e. The van der Waals surface area contributed by atoms with Gasteiger partial charge in [-0.25, -0.2) is 0 Å². The monoisotopic (exact) mass is 937 g/mol. The summed E-state index contributed by atoms with van der Waals surface area (Å²) in [6, 6.07) is 0. The third kappa shape index (κ3) is 52.3. The first-order valence-electron chi connectivity index (χ1n) is 26.9. The van der Waals surface area contributed by atoms with Gasteiger partial charge in [-0.2, -0.15) is 0 Å². The van der Waals surface area contributed by atoms with Crippen LogP contribution in [0.3, 0.4) is 0 Å². The van der Waals surface area contributed by atoms with Crippen LogP contribution >= 0.6 is 0 Å². The fourth-order valence-electron chi connectivity index (χ4n) is 6.71. The van der Waals surface area contributed by atoms with Crippen LogP contribution in [-0.4, -0.2) is 37.2 Å². The van der Waals surface area contributed by atoms with Crippen LogP contribution in [0.25, 0.3) is 0 Å². The van der Waals surface area contributed by atoms with Gasteiger partial charge in [0.2, 0.25) is 0 Å². The largest absolute Gasteiger partial charge is 0.462 e. The molecule has 0 fully saturated rings. The van der Waals surface area contributed by atoms with Gasteiger partial charge in [0, 0.05) is 19.3 Å². The number of unbranched alkanes of at least 4 members (excludes halogenated alkanes) is 16. The predicted octanol–water partition coefficient (Wildman–Crippen LogP) is 18.0. The maximum atomic E-state index is 12.8. The molecule has 380 valence electrons. The van der Waals surface area contributed by atoms with Crippen LogP contribution < -0.4 is 0 Å². The molecule has 0 saturated heterocycles. The van der Waals surface area contributed by atoms with Crippen LogP contribution in [-0.2, 0) is 28.6 Å². The summed E-state index contributed by atoms with van der Waals surface area (Å²) in [5.74, 6) is -1.00. The first-order valence-corrected chi connectivity index (χ1v) is 26.9. The summed E-state index contributed by atoms with van der Waals surface area (Å²) in [6.07, 6.45) is 78.2. The van der Waals surface area contributed by atoms with Gasteiger partial charge < -0.3 is 14.2 Å². The Morgan fingerprint density at radius 2 is 0.647 bits per heavy atom. The molecule has 0 spiro atoms. The lowest BCUT2D eigenvalue weighted by Gasteiger charge is -2.18. The number of esters is 3. The van der Waals surface area contributed by atoms with E-state index >= 15 is 0 Å². The predicted molar refractivity (Wildman–Crippen MR) is 292 cm³/mol. The molecule has 1 unspecified atom stereocenters. The average molecular weight is 937 g/mol. The van der Waals surface area contributed by atoms with Crippen molar-refractivity contribution >= 4 is 17.9 Å². The van der Waals surface area contributed by atoms with Gasteiger partial charge in [-0.1, -0.05) is 224 Å². The van der Waals surface area contributed by atoms with Gasteiger partial charge in [-0.05, 0) is 109 Å². The fraction of sp³-hybridized carbons (Fsp3) is 0.565. The second-order valence-electron chi connectivity index (χ2n) is 17.2. The quantitative estimate of drug-likeness (QED) is 0.0199. The smallest absolute Gasteiger partial charge is 0.306 e. The molecule has 1 atom stereocenters. The number of hydrogen-bond acceptors (Lipinski definition) is 6. The van der Waals surface area contributed by atoms with Crippen molar-refractivity contribution in [3.8, 4) is 0 Å². The Morgan fingerprint density at radius 3 is 1.09 bits per heavy atom. The van der Waals surface area contributed by atoms with Crippen molar-refractivity contribution in [3.63, 3.8) is 0 Å². The Bertz CT molecular complexity index is 1540. The SMILES string of the molecule is CC/C=C/C=C/C=C/CCCCCCCC(=O)OCC(COC(=O)CCCCC/C=C/C/C=C/C/C=C/C/C=C/C/C=C/CC)OC(=O)CCCCCCC/C=C/C=C/C=C/C=C/CCCCC. The van der Waals surface area contributed by atoms with E-state index in [1.54, 1.807) is 0 Å². The van der Waals surface area contributed by atoms with Crippen LogP contribution in [0.5, 0.6) is 0 Å². The summed E-state index contributed by atoms with van der Waals surface area (Å²) in [5, 5.41) is 0. The Hall–Kier alpha value is -4.71. The number of rotatable bonds is 46. The van der Waals surface area contributed by atoms with E-state index < -0.39 is 6.10 Å². The van der Waals surface area contributed by atoms with E-state index in [1.165, 1.54) is 19.3 Å². The van der Waals surface area contributed by atoms with Crippen molar-refractivity contribution in [3.05, 3.63) is 146 Å². The highest BCUT2D eigenvalue weighted by Gasteiger charge is 2.19. The molecule has 68 heavy (non-hydrogen) atoms. The molecule has 0 aliphatic heterocycles. The van der Waals surface area contributed by atoms with Crippen molar-refractivity contribution < 1.29 is 28.6 Å². The molecule has 0 aromatic carbocycles. The number of carbonyl (C=O) groups excluding carboxylic acids is 3. The highest BCUT2D eigenvalue weighted by atomic mass is 16.6. The van der Waals surface area contributed by atoms with Gasteiger partial charge in [0.1, 0.15) is 13.2 Å². The summed E-state index contributed by atoms with van der Waals surface area (Å²) < 4.78 is 16.8. The molecule has 0 aromatic heterocycles. The minimum Gasteiger partial charge on any atom is -0.462 e. The van der Waals surface area contributed by atoms with E-state index in [1.807, 2.05) is 6.08 Å². The number of hydrogen-bond donors (Lipinski definition) is 0. The van der Waals surface area contributed by atoms with Crippen molar-refractivity contribution in [1.29, 1.82) is 0 Å². The zero-order chi connectivity index (χ0) is 49.3. The lowest BCUT2D eigenvalue weighted by Crippen LogP contribution is -2.30. The summed E-state index contributed by atoms with van der Waals surface area (Å²) in [5.41, 5.74) is 0. The lowest BCUT2D eigenvalue weighted by atomic mass is 10.1. The maximum absolute atomic E-state index is 12.8. The zero-order valence-electron chi connectivity index (χ0n) is 43.3. The van der Waals surface area contributed by atoms with Crippen molar-refractivity contribution in [2.24, 2.45) is 0 Å². The molecule has 0 rings (SSSR count). The van der Waals surface area contributed by atoms with Gasteiger partial charge in [-0.15, -0.1) is 0 Å². The first kappa shape index (κ1) is 63.3. The van der Waals surface area contributed by atoms with Gasteiger partial charge in [0.05, 0.1) is 0 Å². The Balaban J connectivity index is 4.56. The normalized spacial score (nSPS) is 13.3. The van der Waals surface area contributed by atoms with Crippen LogP contribution in [0.1, 0.15) is 207 Å². The van der Waals surface area contributed by atoms with E-state index in [-0.39, 0.29) is 37.5 Å². The molecule has 0 aromatic rings. The Labute approximate surface area is 417 Å². The summed E-state index contributed by atoms with van der Waals surface area (Å²) in [7, 11) is 0. The standard InChI is InChI=1S/C62H96O6/c1-4-7-10-13-16-19-22-25-27-29-31-33-34-37-40-43-46-49-52-55-61(64)67-58-59(57-66-60(63)54-51-48-45-42-39-36-24-21-18-15-12-9-6-3)68-62(65)56-53-50-47-44-41-38-35-32-30-28-26-23-20-17-14-11-8-5-2/h7,9-10,12,15-21,23-28,30-33,35,37,40,59H,4-6,8,11,13-14,22,29,34,36,38-39,41-58H2,1-3H3/b10-7+,12-9+,18-15+,19-16+,20-17+,24-21+,26-23+,27-25+,30-28+,33-31+,35-32+,40-37+. The van der Waals surface area contributed by atoms with E-state index in [4.69, 9.17) is 14.2 Å². The number of allylic oxidation sites excluding steroid dienone is 24. The Kier molecular flexibility index (Phi) is 51.1. The third-order valence-electron chi connectivity index (χ3n) is 10.7. The summed E-state index contributed by atoms with van der Waals surface area (Å²) >= 11 is 0. The minimum absolute atomic E-state index is 0.116. The highest BCUT2D eigenvalue weighted by molar-refractivity contribution is 5.71. The van der Waals surface area contributed by atoms with Gasteiger partial charge >= 0.3 is 17.9 Å². The summed E-state index contributed by atoms with van der Waals surface area (Å²) in [6.45, 7) is 6.26. The molecule has 0 bridgehead atoms. The number of carbonyl (C=O) groups is 3. The molecular formula is C62H96O6. The van der Waals surface area contributed by atoms with E-state index in [0.717, 1.165) is 148 Å². The van der Waals surface area contributed by atoms with Gasteiger partial charge in [0.25, 0.3) is 0 Å². The fourth-order valence-corrected chi connectivity index (χ4v) is 6.71. The van der Waals surface area contributed by atoms with Crippen LogP contribution in [0, 0.1) is 0 Å². The Morgan fingerprint density at radius 1 is 0.324 bits per heavy atom. The molecular weight excluding hydrogens is 841 g/mol. The minimum atomic E-state index is -0.820. The van der Waals surface area contributed by atoms with Crippen LogP contribution in [0.15, 0.2) is 146 Å². The van der Waals surface area contributed by atoms with Crippen molar-refractivity contribution in [2.45, 2.75) is 213 Å². The molecule has 6 nitrogen and oxygen atoms in total. The molecule has 0 amide bonds.